The van der Waals surface area contributed by atoms with Gasteiger partial charge in [0.15, 0.2) is 5.82 Å². The number of aryl methyl sites for hydroxylation is 3. The van der Waals surface area contributed by atoms with Crippen LogP contribution in [0.25, 0.3) is 5.95 Å². The summed E-state index contributed by atoms with van der Waals surface area (Å²) in [6.07, 6.45) is 2.73. The van der Waals surface area contributed by atoms with Crippen molar-refractivity contribution in [3.8, 4) is 5.95 Å². The van der Waals surface area contributed by atoms with Crippen LogP contribution in [0.15, 0.2) is 6.20 Å². The first kappa shape index (κ1) is 13.1. The highest BCUT2D eigenvalue weighted by Crippen LogP contribution is 2.10. The predicted molar refractivity (Wildman–Crippen MR) is 67.4 cm³/mol. The second-order valence-corrected chi connectivity index (χ2v) is 4.04. The maximum atomic E-state index is 10.9. The molecule has 2 aromatic rings. The highest BCUT2D eigenvalue weighted by Gasteiger charge is 2.14. The molecule has 2 aromatic heterocycles. The SMILES string of the molecule is CCc1nc(CC)n(-c2ncc(C(=O)O)c(C)n2)n1. The molecule has 7 nitrogen and oxygen atoms in total. The standard InChI is InChI=1S/C12H15N5O2/c1-4-9-15-10(5-2)17(16-9)12-13-6-8(11(18)19)7(3)14-12/h6H,4-5H2,1-3H3,(H,18,19). The average Bonchev–Trinajstić information content (AvgIpc) is 2.81. The molecule has 0 atom stereocenters. The van der Waals surface area contributed by atoms with Gasteiger partial charge in [0.2, 0.25) is 0 Å². The Bertz CT molecular complexity index is 621. The summed E-state index contributed by atoms with van der Waals surface area (Å²) in [4.78, 5) is 23.5. The van der Waals surface area contributed by atoms with Gasteiger partial charge in [0.05, 0.1) is 11.3 Å². The van der Waals surface area contributed by atoms with Crippen LogP contribution in [-0.2, 0) is 12.8 Å². The van der Waals surface area contributed by atoms with E-state index in [1.165, 1.54) is 6.20 Å². The highest BCUT2D eigenvalue weighted by atomic mass is 16.4. The van der Waals surface area contributed by atoms with E-state index in [-0.39, 0.29) is 5.56 Å². The third kappa shape index (κ3) is 2.44. The van der Waals surface area contributed by atoms with Gasteiger partial charge in [-0.1, -0.05) is 13.8 Å². The molecule has 7 heteroatoms. The van der Waals surface area contributed by atoms with Gasteiger partial charge in [-0.05, 0) is 6.92 Å². The van der Waals surface area contributed by atoms with Gasteiger partial charge in [-0.2, -0.15) is 4.68 Å². The molecule has 0 fully saturated rings. The topological polar surface area (TPSA) is 93.8 Å². The fraction of sp³-hybridized carbons (Fsp3) is 0.417. The fourth-order valence-electron chi connectivity index (χ4n) is 1.70. The third-order valence-electron chi connectivity index (χ3n) is 2.74. The smallest absolute Gasteiger partial charge is 0.339 e. The van der Waals surface area contributed by atoms with E-state index in [1.54, 1.807) is 11.6 Å². The van der Waals surface area contributed by atoms with Crippen molar-refractivity contribution in [3.63, 3.8) is 0 Å². The van der Waals surface area contributed by atoms with Crippen LogP contribution in [0, 0.1) is 6.92 Å². The maximum Gasteiger partial charge on any atom is 0.339 e. The minimum Gasteiger partial charge on any atom is -0.478 e. The molecule has 0 aliphatic carbocycles. The van der Waals surface area contributed by atoms with E-state index < -0.39 is 5.97 Å². The molecule has 0 saturated heterocycles. The number of carbonyl (C=O) groups is 1. The largest absolute Gasteiger partial charge is 0.478 e. The van der Waals surface area contributed by atoms with Crippen molar-refractivity contribution in [2.24, 2.45) is 0 Å². The van der Waals surface area contributed by atoms with Gasteiger partial charge in [0.1, 0.15) is 5.82 Å². The van der Waals surface area contributed by atoms with Crippen molar-refractivity contribution < 1.29 is 9.90 Å². The van der Waals surface area contributed by atoms with Crippen molar-refractivity contribution in [1.29, 1.82) is 0 Å². The zero-order valence-electron chi connectivity index (χ0n) is 11.1. The normalized spacial score (nSPS) is 10.7. The van der Waals surface area contributed by atoms with Crippen LogP contribution in [-0.4, -0.2) is 35.8 Å². The molecule has 19 heavy (non-hydrogen) atoms. The van der Waals surface area contributed by atoms with E-state index in [0.717, 1.165) is 18.1 Å². The van der Waals surface area contributed by atoms with Gasteiger partial charge >= 0.3 is 5.97 Å². The molecule has 100 valence electrons. The van der Waals surface area contributed by atoms with E-state index in [2.05, 4.69) is 20.1 Å². The van der Waals surface area contributed by atoms with Crippen molar-refractivity contribution in [2.75, 3.05) is 0 Å². The molecular weight excluding hydrogens is 246 g/mol. The first-order chi connectivity index (χ1) is 9.06. The summed E-state index contributed by atoms with van der Waals surface area (Å²) in [5, 5.41) is 13.3. The summed E-state index contributed by atoms with van der Waals surface area (Å²) >= 11 is 0. The molecular formula is C12H15N5O2. The van der Waals surface area contributed by atoms with Gasteiger partial charge in [-0.3, -0.25) is 0 Å². The Balaban J connectivity index is 2.50. The van der Waals surface area contributed by atoms with Crippen LogP contribution in [0.4, 0.5) is 0 Å². The van der Waals surface area contributed by atoms with Crippen molar-refractivity contribution in [1.82, 2.24) is 24.7 Å². The van der Waals surface area contributed by atoms with E-state index in [1.807, 2.05) is 13.8 Å². The molecule has 0 bridgehead atoms. The quantitative estimate of drug-likeness (QED) is 0.888. The van der Waals surface area contributed by atoms with Gasteiger partial charge < -0.3 is 5.11 Å². The van der Waals surface area contributed by atoms with Crippen molar-refractivity contribution >= 4 is 5.97 Å². The third-order valence-corrected chi connectivity index (χ3v) is 2.74. The van der Waals surface area contributed by atoms with E-state index in [9.17, 15) is 4.79 Å². The fourth-order valence-corrected chi connectivity index (χ4v) is 1.70. The zero-order chi connectivity index (χ0) is 14.0. The lowest BCUT2D eigenvalue weighted by atomic mass is 10.2. The Hall–Kier alpha value is -2.31. The van der Waals surface area contributed by atoms with Crippen molar-refractivity contribution in [3.05, 3.63) is 29.1 Å². The first-order valence-corrected chi connectivity index (χ1v) is 6.08. The summed E-state index contributed by atoms with van der Waals surface area (Å²) in [6.45, 7) is 5.58. The van der Waals surface area contributed by atoms with Crippen LogP contribution in [0.5, 0.6) is 0 Å². The van der Waals surface area contributed by atoms with Gasteiger partial charge in [-0.25, -0.2) is 19.7 Å². The number of carboxylic acids is 1. The molecule has 0 aliphatic rings. The predicted octanol–water partition coefficient (Wildman–Crippen LogP) is 1.19. The first-order valence-electron chi connectivity index (χ1n) is 6.08. The van der Waals surface area contributed by atoms with E-state index in [4.69, 9.17) is 5.11 Å². The van der Waals surface area contributed by atoms with Gasteiger partial charge in [0, 0.05) is 19.0 Å². The summed E-state index contributed by atoms with van der Waals surface area (Å²) < 4.78 is 1.57. The maximum absolute atomic E-state index is 10.9. The summed E-state index contributed by atoms with van der Waals surface area (Å²) in [6, 6.07) is 0. The number of hydrogen-bond donors (Lipinski definition) is 1. The molecule has 0 spiro atoms. The average molecular weight is 261 g/mol. The summed E-state index contributed by atoms with van der Waals surface area (Å²) in [7, 11) is 0. The number of hydrogen-bond acceptors (Lipinski definition) is 5. The van der Waals surface area contributed by atoms with Crippen LogP contribution in [0.1, 0.15) is 41.5 Å². The number of carboxylic acid groups (broad SMARTS) is 1. The second kappa shape index (κ2) is 5.13. The number of aromatic nitrogens is 5. The Kier molecular flexibility index (Phi) is 3.55. The molecule has 2 heterocycles. The second-order valence-electron chi connectivity index (χ2n) is 4.04. The lowest BCUT2D eigenvalue weighted by Crippen LogP contribution is -2.11. The highest BCUT2D eigenvalue weighted by molar-refractivity contribution is 5.88. The molecule has 0 unspecified atom stereocenters. The molecule has 0 radical (unpaired) electrons. The van der Waals surface area contributed by atoms with E-state index in [0.29, 0.717) is 18.1 Å². The number of nitrogens with zero attached hydrogens (tertiary/aromatic N) is 5. The minimum absolute atomic E-state index is 0.0950. The lowest BCUT2D eigenvalue weighted by molar-refractivity contribution is 0.0695. The van der Waals surface area contributed by atoms with Crippen LogP contribution >= 0.6 is 0 Å². The monoisotopic (exact) mass is 261 g/mol. The van der Waals surface area contributed by atoms with Gasteiger partial charge in [-0.15, -0.1) is 5.10 Å². The lowest BCUT2D eigenvalue weighted by Gasteiger charge is -2.04. The number of rotatable bonds is 4. The zero-order valence-corrected chi connectivity index (χ0v) is 11.1. The molecule has 0 aliphatic heterocycles. The summed E-state index contributed by atoms with van der Waals surface area (Å²) in [5.74, 6) is 0.805. The van der Waals surface area contributed by atoms with Crippen LogP contribution in [0.3, 0.4) is 0 Å². The number of aromatic carboxylic acids is 1. The van der Waals surface area contributed by atoms with Crippen LogP contribution in [0.2, 0.25) is 0 Å². The van der Waals surface area contributed by atoms with Crippen LogP contribution < -0.4 is 0 Å². The Morgan fingerprint density at radius 3 is 2.58 bits per heavy atom. The van der Waals surface area contributed by atoms with E-state index >= 15 is 0 Å². The minimum atomic E-state index is -1.03. The molecule has 2 rings (SSSR count). The Morgan fingerprint density at radius 2 is 2.05 bits per heavy atom. The van der Waals surface area contributed by atoms with Gasteiger partial charge in [0.25, 0.3) is 5.95 Å². The molecule has 0 aromatic carbocycles. The molecule has 0 amide bonds. The van der Waals surface area contributed by atoms with Crippen molar-refractivity contribution in [2.45, 2.75) is 33.6 Å². The summed E-state index contributed by atoms with van der Waals surface area (Å²) in [5.41, 5.74) is 0.505. The Labute approximate surface area is 110 Å². The molecule has 0 saturated carbocycles. The Morgan fingerprint density at radius 1 is 1.32 bits per heavy atom. The molecule has 1 N–H and O–H groups in total.